The Morgan fingerprint density at radius 1 is 0.891 bits per heavy atom. The number of rotatable bonds is 6. The first-order chi connectivity index (χ1) is 21.8. The van der Waals surface area contributed by atoms with Crippen molar-refractivity contribution in [3.8, 4) is 5.75 Å². The van der Waals surface area contributed by atoms with E-state index in [1.807, 2.05) is 0 Å². The highest BCUT2D eigenvalue weighted by Gasteiger charge is 2.40. The number of aromatic nitrogens is 1. The normalized spacial score (nSPS) is 24.1. The van der Waals surface area contributed by atoms with E-state index in [-0.39, 0.29) is 12.0 Å². The van der Waals surface area contributed by atoms with Crippen LogP contribution in [0.4, 0.5) is 17.6 Å². The predicted molar refractivity (Wildman–Crippen MR) is 152 cm³/mol. The number of nitrogens with one attached hydrogen (secondary N) is 3. The number of amides is 3. The Bertz CT molecular complexity index is 1630. The van der Waals surface area contributed by atoms with E-state index in [1.165, 1.54) is 38.1 Å². The standard InChI is InChI=1S/C31H30F4N4O7/c1-14-25(41)19(13-18-22(32)23(33)27(35)39-26(18)34)36-30(44)24(38-29(43)17-10-6-7-11-21(17)40)15(2)46-31(45)20(37-28(14)42)12-16-8-4-3-5-9-16/h3-11,14-15,19-20,24-25,40-41H,12-13H2,1-2H3,(H,36,44)(H,37,42)(H,38,43)/t14-,15-,19+,20?,24+,25+/m1/s1. The van der Waals surface area contributed by atoms with Crippen molar-refractivity contribution in [2.45, 2.75) is 57.0 Å². The molecule has 0 aliphatic carbocycles. The van der Waals surface area contributed by atoms with E-state index in [2.05, 4.69) is 20.9 Å². The molecule has 0 spiro atoms. The molecule has 46 heavy (non-hydrogen) atoms. The lowest BCUT2D eigenvalue weighted by Crippen LogP contribution is -2.61. The highest BCUT2D eigenvalue weighted by atomic mass is 19.2. The number of aliphatic hydroxyl groups excluding tert-OH is 1. The zero-order valence-electron chi connectivity index (χ0n) is 24.5. The number of esters is 1. The van der Waals surface area contributed by atoms with Crippen molar-refractivity contribution < 1.29 is 51.7 Å². The molecule has 1 unspecified atom stereocenters. The van der Waals surface area contributed by atoms with E-state index < -0.39 is 101 Å². The number of hydrogen-bond acceptors (Lipinski definition) is 8. The number of para-hydroxylation sites is 1. The summed E-state index contributed by atoms with van der Waals surface area (Å²) < 4.78 is 62.2. The summed E-state index contributed by atoms with van der Waals surface area (Å²) in [6.07, 6.45) is -4.50. The Kier molecular flexibility index (Phi) is 10.6. The van der Waals surface area contributed by atoms with Crippen LogP contribution >= 0.6 is 0 Å². The quantitative estimate of drug-likeness (QED) is 0.154. The number of phenolic OH excluding ortho intramolecular Hbond substituents is 1. The Morgan fingerprint density at radius 3 is 2.22 bits per heavy atom. The summed E-state index contributed by atoms with van der Waals surface area (Å²) in [6, 6.07) is 8.94. The fraction of sp³-hybridized carbons (Fsp3) is 0.323. The van der Waals surface area contributed by atoms with E-state index in [0.29, 0.717) is 5.56 Å². The highest BCUT2D eigenvalue weighted by molar-refractivity contribution is 6.00. The lowest BCUT2D eigenvalue weighted by Gasteiger charge is -2.33. The molecule has 1 aromatic heterocycles. The molecule has 3 amide bonds. The van der Waals surface area contributed by atoms with Crippen LogP contribution in [0.1, 0.15) is 35.3 Å². The fourth-order valence-corrected chi connectivity index (χ4v) is 4.90. The molecule has 6 atom stereocenters. The van der Waals surface area contributed by atoms with Crippen LogP contribution in [0.15, 0.2) is 54.6 Å². The molecule has 244 valence electrons. The summed E-state index contributed by atoms with van der Waals surface area (Å²) in [6.45, 7) is 2.44. The van der Waals surface area contributed by atoms with Crippen molar-refractivity contribution in [1.82, 2.24) is 20.9 Å². The number of hydrogen-bond donors (Lipinski definition) is 5. The number of aromatic hydroxyl groups is 1. The summed E-state index contributed by atoms with van der Waals surface area (Å²) in [5.41, 5.74) is -0.787. The maximum Gasteiger partial charge on any atom is 0.329 e. The van der Waals surface area contributed by atoms with Crippen molar-refractivity contribution in [1.29, 1.82) is 0 Å². The summed E-state index contributed by atoms with van der Waals surface area (Å²) in [4.78, 5) is 56.0. The Morgan fingerprint density at radius 2 is 1.54 bits per heavy atom. The van der Waals surface area contributed by atoms with Crippen molar-refractivity contribution in [2.75, 3.05) is 0 Å². The molecule has 1 fully saturated rings. The second-order valence-electron chi connectivity index (χ2n) is 10.8. The first-order valence-electron chi connectivity index (χ1n) is 14.1. The number of pyridine rings is 1. The molecular formula is C31H30F4N4O7. The van der Waals surface area contributed by atoms with Gasteiger partial charge in [0.15, 0.2) is 5.82 Å². The molecule has 2 heterocycles. The van der Waals surface area contributed by atoms with E-state index >= 15 is 0 Å². The molecule has 5 N–H and O–H groups in total. The smallest absolute Gasteiger partial charge is 0.329 e. The van der Waals surface area contributed by atoms with Gasteiger partial charge in [-0.05, 0) is 24.6 Å². The third-order valence-corrected chi connectivity index (χ3v) is 7.55. The molecule has 0 bridgehead atoms. The van der Waals surface area contributed by atoms with Gasteiger partial charge in [0.05, 0.1) is 23.6 Å². The molecule has 11 nitrogen and oxygen atoms in total. The zero-order valence-corrected chi connectivity index (χ0v) is 24.5. The van der Waals surface area contributed by atoms with Crippen LogP contribution in [0, 0.1) is 29.4 Å². The number of phenols is 1. The van der Waals surface area contributed by atoms with Gasteiger partial charge in [-0.3, -0.25) is 14.4 Å². The minimum Gasteiger partial charge on any atom is -0.507 e. The Hall–Kier alpha value is -5.05. The van der Waals surface area contributed by atoms with Crippen LogP contribution in [0.5, 0.6) is 5.75 Å². The largest absolute Gasteiger partial charge is 0.507 e. The van der Waals surface area contributed by atoms with Crippen molar-refractivity contribution in [2.24, 2.45) is 5.92 Å². The van der Waals surface area contributed by atoms with Gasteiger partial charge in [0, 0.05) is 18.4 Å². The number of carbonyl (C=O) groups excluding carboxylic acids is 4. The van der Waals surface area contributed by atoms with Crippen LogP contribution < -0.4 is 16.0 Å². The van der Waals surface area contributed by atoms with Gasteiger partial charge < -0.3 is 30.9 Å². The molecule has 3 aromatic rings. The third-order valence-electron chi connectivity index (χ3n) is 7.55. The lowest BCUT2D eigenvalue weighted by molar-refractivity contribution is -0.156. The predicted octanol–water partition coefficient (Wildman–Crippen LogP) is 1.84. The maximum atomic E-state index is 14.7. The first-order valence-corrected chi connectivity index (χ1v) is 14.1. The molecular weight excluding hydrogens is 616 g/mol. The van der Waals surface area contributed by atoms with Gasteiger partial charge in [-0.25, -0.2) is 9.18 Å². The highest BCUT2D eigenvalue weighted by Crippen LogP contribution is 2.22. The number of carbonyl (C=O) groups is 4. The number of cyclic esters (lactones) is 1. The van der Waals surface area contributed by atoms with Crippen LogP contribution in [-0.2, 0) is 32.0 Å². The van der Waals surface area contributed by atoms with E-state index in [9.17, 15) is 47.0 Å². The molecule has 0 radical (unpaired) electrons. The zero-order chi connectivity index (χ0) is 33.7. The van der Waals surface area contributed by atoms with Crippen molar-refractivity contribution in [3.63, 3.8) is 0 Å². The van der Waals surface area contributed by atoms with Crippen LogP contribution in [0.3, 0.4) is 0 Å². The molecule has 15 heteroatoms. The van der Waals surface area contributed by atoms with Crippen LogP contribution in [-0.4, -0.2) is 69.2 Å². The minimum atomic E-state index is -2.10. The number of benzene rings is 2. The fourth-order valence-electron chi connectivity index (χ4n) is 4.90. The summed E-state index contributed by atoms with van der Waals surface area (Å²) in [5, 5.41) is 28.5. The topological polar surface area (TPSA) is 167 Å². The number of ether oxygens (including phenoxy) is 1. The second-order valence-corrected chi connectivity index (χ2v) is 10.8. The molecule has 0 saturated carbocycles. The summed E-state index contributed by atoms with van der Waals surface area (Å²) >= 11 is 0. The molecule has 1 aliphatic heterocycles. The average Bonchev–Trinajstić information content (AvgIpc) is 3.02. The Balaban J connectivity index is 1.75. The molecule has 1 saturated heterocycles. The van der Waals surface area contributed by atoms with Gasteiger partial charge in [0.1, 0.15) is 23.9 Å². The first kappa shape index (κ1) is 33.8. The number of aliphatic hydroxyl groups is 1. The van der Waals surface area contributed by atoms with Crippen molar-refractivity contribution in [3.05, 3.63) is 94.8 Å². The van der Waals surface area contributed by atoms with Crippen molar-refractivity contribution >= 4 is 23.7 Å². The average molecular weight is 647 g/mol. The lowest BCUT2D eigenvalue weighted by atomic mass is 9.91. The summed E-state index contributed by atoms with van der Waals surface area (Å²) in [7, 11) is 0. The Labute approximate surface area is 260 Å². The van der Waals surface area contributed by atoms with Gasteiger partial charge in [0.25, 0.3) is 11.9 Å². The maximum absolute atomic E-state index is 14.7. The van der Waals surface area contributed by atoms with Gasteiger partial charge in [-0.15, -0.1) is 0 Å². The molecule has 1 aliphatic rings. The third kappa shape index (κ3) is 7.59. The van der Waals surface area contributed by atoms with Gasteiger partial charge in [-0.1, -0.05) is 49.4 Å². The molecule has 2 aromatic carbocycles. The monoisotopic (exact) mass is 646 g/mol. The summed E-state index contributed by atoms with van der Waals surface area (Å²) in [5.74, 6) is -13.8. The number of halogens is 4. The van der Waals surface area contributed by atoms with Gasteiger partial charge >= 0.3 is 5.97 Å². The van der Waals surface area contributed by atoms with E-state index in [1.54, 1.807) is 30.3 Å². The van der Waals surface area contributed by atoms with E-state index in [0.717, 1.165) is 0 Å². The van der Waals surface area contributed by atoms with Gasteiger partial charge in [0.2, 0.25) is 23.6 Å². The minimum absolute atomic E-state index is 0.0809. The SMILES string of the molecule is C[C@H]1OC(=O)C(Cc2ccccc2)NC(=O)[C@H](C)[C@H](O)[C@H](Cc2c(F)nc(F)c(F)c2F)NC(=O)[C@H]1NC(=O)c1ccccc1O. The number of nitrogens with zero attached hydrogens (tertiary/aromatic N) is 1. The molecule has 4 rings (SSSR count). The van der Waals surface area contributed by atoms with Crippen LogP contribution in [0.25, 0.3) is 0 Å². The second kappa shape index (κ2) is 14.4. The van der Waals surface area contributed by atoms with Crippen LogP contribution in [0.2, 0.25) is 0 Å². The van der Waals surface area contributed by atoms with Gasteiger partial charge in [-0.2, -0.15) is 18.2 Å². The van der Waals surface area contributed by atoms with E-state index in [4.69, 9.17) is 4.74 Å².